The molecular formula is C21H21F2NO2. The zero-order valence-corrected chi connectivity index (χ0v) is 14.9. The van der Waals surface area contributed by atoms with E-state index in [1.807, 2.05) is 18.2 Å². The molecule has 0 saturated carbocycles. The van der Waals surface area contributed by atoms with E-state index in [9.17, 15) is 13.6 Å². The number of hydrogen-bond donors (Lipinski definition) is 2. The number of hydrogen-bond acceptors (Lipinski definition) is 1. The second-order valence-corrected chi connectivity index (χ2v) is 7.62. The fourth-order valence-corrected chi connectivity index (χ4v) is 2.93. The second-order valence-electron chi connectivity index (χ2n) is 7.62. The Labute approximate surface area is 150 Å². The number of carbonyl (C=O) groups is 1. The minimum atomic E-state index is -3.77. The van der Waals surface area contributed by atoms with Crippen LogP contribution in [0.5, 0.6) is 0 Å². The summed E-state index contributed by atoms with van der Waals surface area (Å²) in [5.41, 5.74) is 4.26. The monoisotopic (exact) mass is 357 g/mol. The molecule has 0 atom stereocenters. The van der Waals surface area contributed by atoms with Crippen LogP contribution in [0.4, 0.5) is 8.78 Å². The Morgan fingerprint density at radius 3 is 2.46 bits per heavy atom. The van der Waals surface area contributed by atoms with Gasteiger partial charge in [-0.05, 0) is 46.4 Å². The van der Waals surface area contributed by atoms with Crippen LogP contribution >= 0.6 is 0 Å². The lowest BCUT2D eigenvalue weighted by atomic mass is 9.86. The number of fused-ring (bicyclic) bond motifs is 1. The van der Waals surface area contributed by atoms with E-state index in [0.717, 1.165) is 22.2 Å². The highest BCUT2D eigenvalue weighted by Crippen LogP contribution is 2.30. The van der Waals surface area contributed by atoms with Gasteiger partial charge in [-0.25, -0.2) is 4.79 Å². The quantitative estimate of drug-likeness (QED) is 0.657. The Morgan fingerprint density at radius 1 is 1.08 bits per heavy atom. The molecule has 136 valence electrons. The first kappa shape index (κ1) is 18.1. The van der Waals surface area contributed by atoms with Crippen LogP contribution in [0.1, 0.15) is 31.9 Å². The van der Waals surface area contributed by atoms with Crippen LogP contribution in [0.25, 0.3) is 22.2 Å². The molecule has 2 N–H and O–H groups in total. The van der Waals surface area contributed by atoms with Crippen LogP contribution in [-0.2, 0) is 16.6 Å². The molecule has 3 aromatic rings. The van der Waals surface area contributed by atoms with Crippen molar-refractivity contribution in [2.75, 3.05) is 0 Å². The van der Waals surface area contributed by atoms with Crippen LogP contribution in [0.3, 0.4) is 0 Å². The summed E-state index contributed by atoms with van der Waals surface area (Å²) in [6.45, 7) is 6.44. The average molecular weight is 357 g/mol. The molecule has 3 nitrogen and oxygen atoms in total. The number of aromatic amines is 1. The lowest BCUT2D eigenvalue weighted by Gasteiger charge is -2.19. The SMILES string of the molecule is CC(C)(C)c1cccc(-c2cc3cc(CC(F)(F)C(=O)O)ccc3[nH]2)c1. The van der Waals surface area contributed by atoms with Crippen LogP contribution in [0.2, 0.25) is 0 Å². The normalized spacial score (nSPS) is 12.5. The number of nitrogens with one attached hydrogen (secondary N) is 1. The van der Waals surface area contributed by atoms with Crippen LogP contribution in [0, 0.1) is 0 Å². The molecule has 0 bridgehead atoms. The minimum absolute atomic E-state index is 0.0254. The number of H-pyrrole nitrogens is 1. The molecule has 0 aliphatic rings. The van der Waals surface area contributed by atoms with Gasteiger partial charge in [-0.15, -0.1) is 0 Å². The van der Waals surface area contributed by atoms with Gasteiger partial charge in [0.25, 0.3) is 0 Å². The highest BCUT2D eigenvalue weighted by atomic mass is 19.3. The van der Waals surface area contributed by atoms with Gasteiger partial charge in [0.1, 0.15) is 0 Å². The summed E-state index contributed by atoms with van der Waals surface area (Å²) >= 11 is 0. The Kier molecular flexibility index (Phi) is 4.34. The van der Waals surface area contributed by atoms with Gasteiger partial charge < -0.3 is 10.1 Å². The van der Waals surface area contributed by atoms with Gasteiger partial charge in [-0.3, -0.25) is 0 Å². The summed E-state index contributed by atoms with van der Waals surface area (Å²) in [7, 11) is 0. The second kappa shape index (κ2) is 6.24. The van der Waals surface area contributed by atoms with Crippen LogP contribution < -0.4 is 0 Å². The molecule has 26 heavy (non-hydrogen) atoms. The minimum Gasteiger partial charge on any atom is -0.477 e. The maximum absolute atomic E-state index is 13.5. The van der Waals surface area contributed by atoms with E-state index in [-0.39, 0.29) is 5.41 Å². The van der Waals surface area contributed by atoms with Crippen molar-refractivity contribution in [3.05, 3.63) is 59.7 Å². The zero-order chi connectivity index (χ0) is 19.1. The van der Waals surface area contributed by atoms with Crippen molar-refractivity contribution in [2.45, 2.75) is 38.5 Å². The molecule has 3 rings (SSSR count). The number of alkyl halides is 2. The molecule has 0 unspecified atom stereocenters. The molecule has 0 aliphatic carbocycles. The molecule has 0 fully saturated rings. The third-order valence-electron chi connectivity index (χ3n) is 4.46. The Hall–Kier alpha value is -2.69. The summed E-state index contributed by atoms with van der Waals surface area (Å²) in [6.07, 6.45) is -0.821. The van der Waals surface area contributed by atoms with E-state index in [2.05, 4.69) is 37.9 Å². The van der Waals surface area contributed by atoms with Gasteiger partial charge in [-0.2, -0.15) is 8.78 Å². The standard InChI is InChI=1S/C21H21F2NO2/c1-20(2,3)16-6-4-5-14(10-16)18-11-15-9-13(7-8-17(15)24-18)12-21(22,23)19(25)26/h4-11,24H,12H2,1-3H3,(H,25,26). The Balaban J connectivity index is 1.97. The van der Waals surface area contributed by atoms with E-state index < -0.39 is 18.3 Å². The van der Waals surface area contributed by atoms with Crippen molar-refractivity contribution in [2.24, 2.45) is 0 Å². The van der Waals surface area contributed by atoms with Gasteiger partial charge in [0.05, 0.1) is 0 Å². The Bertz CT molecular complexity index is 968. The summed E-state index contributed by atoms with van der Waals surface area (Å²) < 4.78 is 26.9. The largest absolute Gasteiger partial charge is 0.477 e. The number of aromatic nitrogens is 1. The predicted octanol–water partition coefficient (Wildman–Crippen LogP) is 5.39. The summed E-state index contributed by atoms with van der Waals surface area (Å²) in [4.78, 5) is 13.9. The first-order chi connectivity index (χ1) is 12.1. The maximum Gasteiger partial charge on any atom is 0.374 e. The Morgan fingerprint density at radius 2 is 1.81 bits per heavy atom. The van der Waals surface area contributed by atoms with Crippen LogP contribution in [-0.4, -0.2) is 22.0 Å². The van der Waals surface area contributed by atoms with Gasteiger partial charge in [-0.1, -0.05) is 45.0 Å². The highest BCUT2D eigenvalue weighted by Gasteiger charge is 2.38. The van der Waals surface area contributed by atoms with E-state index in [1.165, 1.54) is 11.6 Å². The van der Waals surface area contributed by atoms with E-state index in [0.29, 0.717) is 5.56 Å². The predicted molar refractivity (Wildman–Crippen MR) is 98.7 cm³/mol. The fraction of sp³-hybridized carbons (Fsp3) is 0.286. The average Bonchev–Trinajstić information content (AvgIpc) is 2.97. The molecule has 0 saturated heterocycles. The fourth-order valence-electron chi connectivity index (χ4n) is 2.93. The smallest absolute Gasteiger partial charge is 0.374 e. The molecule has 1 aromatic heterocycles. The van der Waals surface area contributed by atoms with Gasteiger partial charge in [0, 0.05) is 23.0 Å². The van der Waals surface area contributed by atoms with E-state index >= 15 is 0 Å². The summed E-state index contributed by atoms with van der Waals surface area (Å²) in [6, 6.07) is 15.0. The van der Waals surface area contributed by atoms with Crippen molar-refractivity contribution in [1.29, 1.82) is 0 Å². The molecular weight excluding hydrogens is 336 g/mol. The highest BCUT2D eigenvalue weighted by molar-refractivity contribution is 5.86. The van der Waals surface area contributed by atoms with Crippen molar-refractivity contribution >= 4 is 16.9 Å². The van der Waals surface area contributed by atoms with Crippen molar-refractivity contribution < 1.29 is 18.7 Å². The van der Waals surface area contributed by atoms with Gasteiger partial charge in [0.15, 0.2) is 0 Å². The van der Waals surface area contributed by atoms with Gasteiger partial charge in [0.2, 0.25) is 0 Å². The van der Waals surface area contributed by atoms with Crippen molar-refractivity contribution in [1.82, 2.24) is 4.98 Å². The molecule has 0 radical (unpaired) electrons. The third-order valence-corrected chi connectivity index (χ3v) is 4.46. The number of aliphatic carboxylic acids is 1. The molecule has 0 aliphatic heterocycles. The molecule has 1 heterocycles. The van der Waals surface area contributed by atoms with E-state index in [4.69, 9.17) is 5.11 Å². The third kappa shape index (κ3) is 3.62. The zero-order valence-electron chi connectivity index (χ0n) is 14.9. The van der Waals surface area contributed by atoms with Crippen molar-refractivity contribution in [3.63, 3.8) is 0 Å². The summed E-state index contributed by atoms with van der Waals surface area (Å²) in [5.74, 6) is -5.88. The molecule has 0 amide bonds. The van der Waals surface area contributed by atoms with Crippen molar-refractivity contribution in [3.8, 4) is 11.3 Å². The lowest BCUT2D eigenvalue weighted by molar-refractivity contribution is -0.164. The van der Waals surface area contributed by atoms with Crippen LogP contribution in [0.15, 0.2) is 48.5 Å². The first-order valence-electron chi connectivity index (χ1n) is 8.40. The first-order valence-corrected chi connectivity index (χ1v) is 8.40. The number of carboxylic acids is 1. The molecule has 5 heteroatoms. The number of carboxylic acid groups (broad SMARTS) is 1. The number of benzene rings is 2. The number of rotatable bonds is 4. The topological polar surface area (TPSA) is 53.1 Å². The number of halogens is 2. The summed E-state index contributed by atoms with van der Waals surface area (Å²) in [5, 5.41) is 9.38. The van der Waals surface area contributed by atoms with E-state index in [1.54, 1.807) is 12.1 Å². The molecule has 0 spiro atoms. The maximum atomic E-state index is 13.5. The molecule has 2 aromatic carbocycles. The van der Waals surface area contributed by atoms with Gasteiger partial charge >= 0.3 is 11.9 Å². The lowest BCUT2D eigenvalue weighted by Crippen LogP contribution is -2.30.